The number of urea groups is 1. The Bertz CT molecular complexity index is 444. The predicted molar refractivity (Wildman–Crippen MR) is 63.8 cm³/mol. The fraction of sp³-hybridized carbons (Fsp3) is 0.667. The van der Waals surface area contributed by atoms with E-state index in [9.17, 15) is 22.8 Å². The summed E-state index contributed by atoms with van der Waals surface area (Å²) in [5.41, 5.74) is -2.89. The fourth-order valence-electron chi connectivity index (χ4n) is 2.04. The predicted octanol–water partition coefficient (Wildman–Crippen LogP) is 1.45. The highest BCUT2D eigenvalue weighted by molar-refractivity contribution is 5.80. The maximum absolute atomic E-state index is 12.9. The van der Waals surface area contributed by atoms with Gasteiger partial charge in [-0.3, -0.25) is 4.79 Å². The molecule has 1 saturated heterocycles. The molecule has 0 aromatic heterocycles. The number of aliphatic carboxylic acids is 1. The number of carbonyl (C=O) groups is 2. The van der Waals surface area contributed by atoms with Crippen molar-refractivity contribution in [2.45, 2.75) is 32.0 Å². The van der Waals surface area contributed by atoms with Crippen LogP contribution in [0, 0.1) is 17.8 Å². The van der Waals surface area contributed by atoms with Gasteiger partial charge in [0.05, 0.1) is 0 Å². The highest BCUT2D eigenvalue weighted by Gasteiger charge is 2.64. The number of carbonyl (C=O) groups excluding carboxylic acids is 1. The molecule has 112 valence electrons. The van der Waals surface area contributed by atoms with Crippen LogP contribution in [-0.2, 0) is 4.79 Å². The van der Waals surface area contributed by atoms with E-state index in [1.807, 2.05) is 0 Å². The maximum atomic E-state index is 12.9. The zero-order valence-electron chi connectivity index (χ0n) is 10.8. The molecular formula is C12H15F3N2O3. The van der Waals surface area contributed by atoms with Gasteiger partial charge in [-0.1, -0.05) is 0 Å². The molecule has 0 aliphatic carbocycles. The Morgan fingerprint density at radius 3 is 2.55 bits per heavy atom. The third-order valence-electron chi connectivity index (χ3n) is 3.30. The Morgan fingerprint density at radius 2 is 2.15 bits per heavy atom. The van der Waals surface area contributed by atoms with E-state index < -0.39 is 42.6 Å². The van der Waals surface area contributed by atoms with Crippen molar-refractivity contribution in [3.05, 3.63) is 0 Å². The van der Waals surface area contributed by atoms with Crippen LogP contribution in [0.3, 0.4) is 0 Å². The van der Waals surface area contributed by atoms with Crippen molar-refractivity contribution in [3.63, 3.8) is 0 Å². The number of halogens is 3. The number of alkyl halides is 3. The lowest BCUT2D eigenvalue weighted by atomic mass is 9.86. The first kappa shape index (κ1) is 16.1. The van der Waals surface area contributed by atoms with E-state index in [1.165, 1.54) is 0 Å². The normalized spacial score (nSPS) is 24.1. The first-order valence-corrected chi connectivity index (χ1v) is 5.93. The van der Waals surface area contributed by atoms with Gasteiger partial charge in [0.25, 0.3) is 0 Å². The number of amides is 2. The van der Waals surface area contributed by atoms with E-state index in [4.69, 9.17) is 11.5 Å². The number of terminal acetylenes is 1. The Hall–Kier alpha value is -1.91. The number of hydrogen-bond donors (Lipinski definition) is 2. The zero-order valence-corrected chi connectivity index (χ0v) is 10.8. The molecule has 0 aromatic rings. The van der Waals surface area contributed by atoms with Crippen LogP contribution in [0.4, 0.5) is 18.0 Å². The SMILES string of the molecule is C#CCC(C)NC(=O)N1CCC(C(=O)O)(C(F)(F)F)C1. The number of hydrogen-bond acceptors (Lipinski definition) is 2. The van der Waals surface area contributed by atoms with Crippen LogP contribution < -0.4 is 5.32 Å². The minimum atomic E-state index is -4.90. The minimum absolute atomic E-state index is 0.239. The summed E-state index contributed by atoms with van der Waals surface area (Å²) in [6.45, 7) is 0.461. The third-order valence-corrected chi connectivity index (χ3v) is 3.30. The van der Waals surface area contributed by atoms with Crippen molar-refractivity contribution in [2.24, 2.45) is 5.41 Å². The van der Waals surface area contributed by atoms with Crippen LogP contribution in [0.25, 0.3) is 0 Å². The summed E-state index contributed by atoms with van der Waals surface area (Å²) in [5.74, 6) is 0.354. The molecule has 8 heteroatoms. The van der Waals surface area contributed by atoms with Crippen molar-refractivity contribution in [2.75, 3.05) is 13.1 Å². The average Bonchev–Trinajstić information content (AvgIpc) is 2.74. The van der Waals surface area contributed by atoms with E-state index in [-0.39, 0.29) is 13.0 Å². The van der Waals surface area contributed by atoms with Gasteiger partial charge in [-0.05, 0) is 13.3 Å². The van der Waals surface area contributed by atoms with Gasteiger partial charge in [0.1, 0.15) is 0 Å². The van der Waals surface area contributed by atoms with Gasteiger partial charge in [-0.2, -0.15) is 13.2 Å². The monoisotopic (exact) mass is 292 g/mol. The second kappa shape index (κ2) is 5.61. The number of carboxylic acids is 1. The summed E-state index contributed by atoms with van der Waals surface area (Å²) < 4.78 is 38.8. The Labute approximate surface area is 114 Å². The van der Waals surface area contributed by atoms with E-state index in [1.54, 1.807) is 6.92 Å². The van der Waals surface area contributed by atoms with Gasteiger partial charge in [-0.25, -0.2) is 4.79 Å². The molecule has 1 fully saturated rings. The molecule has 1 aliphatic rings. The lowest BCUT2D eigenvalue weighted by Crippen LogP contribution is -2.49. The molecule has 0 radical (unpaired) electrons. The molecule has 1 aliphatic heterocycles. The van der Waals surface area contributed by atoms with Crippen LogP contribution in [0.15, 0.2) is 0 Å². The molecule has 2 atom stereocenters. The molecule has 0 bridgehead atoms. The van der Waals surface area contributed by atoms with Gasteiger partial charge >= 0.3 is 18.2 Å². The first-order chi connectivity index (χ1) is 9.14. The molecule has 1 heterocycles. The molecule has 0 aromatic carbocycles. The summed E-state index contributed by atoms with van der Waals surface area (Å²) >= 11 is 0. The summed E-state index contributed by atoms with van der Waals surface area (Å²) in [6, 6.07) is -1.13. The average molecular weight is 292 g/mol. The standard InChI is InChI=1S/C12H15F3N2O3/c1-3-4-8(2)16-10(20)17-6-5-11(7-17,9(18)19)12(13,14)15/h1,8H,4-7H2,2H3,(H,16,20)(H,18,19). The Kier molecular flexibility index (Phi) is 4.53. The van der Waals surface area contributed by atoms with Gasteiger partial charge in [0, 0.05) is 25.6 Å². The molecule has 0 spiro atoms. The van der Waals surface area contributed by atoms with E-state index >= 15 is 0 Å². The fourth-order valence-corrected chi connectivity index (χ4v) is 2.04. The van der Waals surface area contributed by atoms with Gasteiger partial charge in [0.2, 0.25) is 0 Å². The number of rotatable bonds is 3. The topological polar surface area (TPSA) is 69.6 Å². The van der Waals surface area contributed by atoms with Gasteiger partial charge in [0.15, 0.2) is 5.41 Å². The van der Waals surface area contributed by atoms with Crippen LogP contribution >= 0.6 is 0 Å². The lowest BCUT2D eigenvalue weighted by Gasteiger charge is -2.27. The summed E-state index contributed by atoms with van der Waals surface area (Å²) in [4.78, 5) is 23.6. The largest absolute Gasteiger partial charge is 0.481 e. The molecule has 5 nitrogen and oxygen atoms in total. The van der Waals surface area contributed by atoms with E-state index in [0.29, 0.717) is 0 Å². The van der Waals surface area contributed by atoms with Crippen molar-refractivity contribution in [1.82, 2.24) is 10.2 Å². The van der Waals surface area contributed by atoms with Crippen LogP contribution in [0.5, 0.6) is 0 Å². The maximum Gasteiger partial charge on any atom is 0.406 e. The van der Waals surface area contributed by atoms with Crippen molar-refractivity contribution >= 4 is 12.0 Å². The number of nitrogens with zero attached hydrogens (tertiary/aromatic N) is 1. The van der Waals surface area contributed by atoms with Crippen LogP contribution in [0.2, 0.25) is 0 Å². The van der Waals surface area contributed by atoms with Gasteiger partial charge in [-0.15, -0.1) is 12.3 Å². The Morgan fingerprint density at radius 1 is 1.55 bits per heavy atom. The number of likely N-dealkylation sites (tertiary alicyclic amines) is 1. The number of nitrogens with one attached hydrogen (secondary N) is 1. The quantitative estimate of drug-likeness (QED) is 0.773. The van der Waals surface area contributed by atoms with Crippen molar-refractivity contribution in [3.8, 4) is 12.3 Å². The second-order valence-electron chi connectivity index (χ2n) is 4.82. The molecule has 2 amide bonds. The zero-order chi connectivity index (χ0) is 15.6. The van der Waals surface area contributed by atoms with Crippen LogP contribution in [0.1, 0.15) is 19.8 Å². The van der Waals surface area contributed by atoms with E-state index in [0.717, 1.165) is 4.90 Å². The highest BCUT2D eigenvalue weighted by Crippen LogP contribution is 2.45. The summed E-state index contributed by atoms with van der Waals surface area (Å²) in [5, 5.41) is 11.3. The van der Waals surface area contributed by atoms with Crippen molar-refractivity contribution in [1.29, 1.82) is 0 Å². The van der Waals surface area contributed by atoms with E-state index in [2.05, 4.69) is 11.2 Å². The summed E-state index contributed by atoms with van der Waals surface area (Å²) in [7, 11) is 0. The van der Waals surface area contributed by atoms with Crippen LogP contribution in [-0.4, -0.2) is 47.3 Å². The molecule has 0 saturated carbocycles. The Balaban J connectivity index is 2.78. The summed E-state index contributed by atoms with van der Waals surface area (Å²) in [6.07, 6.45) is -0.258. The molecule has 1 rings (SSSR count). The third kappa shape index (κ3) is 2.98. The first-order valence-electron chi connectivity index (χ1n) is 5.93. The molecule has 20 heavy (non-hydrogen) atoms. The van der Waals surface area contributed by atoms with Gasteiger partial charge < -0.3 is 15.3 Å². The highest BCUT2D eigenvalue weighted by atomic mass is 19.4. The minimum Gasteiger partial charge on any atom is -0.481 e. The van der Waals surface area contributed by atoms with Crippen molar-refractivity contribution < 1.29 is 27.9 Å². The molecular weight excluding hydrogens is 277 g/mol. The molecule has 2 N–H and O–H groups in total. The molecule has 2 unspecified atom stereocenters. The lowest BCUT2D eigenvalue weighted by molar-refractivity contribution is -0.226. The second-order valence-corrected chi connectivity index (χ2v) is 4.82. The smallest absolute Gasteiger partial charge is 0.406 e. The number of carboxylic acid groups (broad SMARTS) is 1.